The molecule has 0 aromatic heterocycles. The minimum atomic E-state index is -1.72. The third kappa shape index (κ3) is 4.05. The van der Waals surface area contributed by atoms with Crippen LogP contribution in [0.2, 0.25) is 0 Å². The topological polar surface area (TPSA) is 144 Å². The van der Waals surface area contributed by atoms with Crippen molar-refractivity contribution in [2.75, 3.05) is 30.4 Å². The molecule has 0 bridgehead atoms. The number of hydrogen-bond donors (Lipinski definition) is 5. The molecule has 0 aliphatic carbocycles. The number of hydrogen-bond acceptors (Lipinski definition) is 6. The predicted octanol–water partition coefficient (Wildman–Crippen LogP) is 0.206. The van der Waals surface area contributed by atoms with Gasteiger partial charge >= 0.3 is 0 Å². The number of aliphatic hydroxyl groups excluding tert-OH is 1. The largest absolute Gasteiger partial charge is 0.380 e. The molecule has 2 aromatic carbocycles. The van der Waals surface area contributed by atoms with Crippen LogP contribution in [0, 0.1) is 5.41 Å². The molecule has 0 radical (unpaired) electrons. The molecule has 2 aliphatic rings. The van der Waals surface area contributed by atoms with Crippen LogP contribution < -0.4 is 20.9 Å². The Kier molecular flexibility index (Phi) is 5.89. The highest BCUT2D eigenvalue weighted by Gasteiger charge is 2.39. The average molecular weight is 437 g/mol. The lowest BCUT2D eigenvalue weighted by molar-refractivity contribution is -0.150. The van der Waals surface area contributed by atoms with Gasteiger partial charge in [0.2, 0.25) is 0 Å². The van der Waals surface area contributed by atoms with E-state index in [1.165, 1.54) is 11.9 Å². The summed E-state index contributed by atoms with van der Waals surface area (Å²) >= 11 is 0. The van der Waals surface area contributed by atoms with Crippen molar-refractivity contribution >= 4 is 34.9 Å². The molecule has 0 saturated carbocycles. The molecular formula is C22H23N5O5. The van der Waals surface area contributed by atoms with E-state index in [0.29, 0.717) is 29.3 Å². The number of amidine groups is 1. The first-order chi connectivity index (χ1) is 15.4. The Bertz CT molecular complexity index is 1100. The van der Waals surface area contributed by atoms with Crippen LogP contribution in [0.25, 0.3) is 0 Å². The van der Waals surface area contributed by atoms with Crippen molar-refractivity contribution < 1.29 is 24.2 Å². The number of rotatable bonds is 5. The van der Waals surface area contributed by atoms with Gasteiger partial charge in [0.15, 0.2) is 12.2 Å². The molecule has 166 valence electrons. The molecule has 10 heteroatoms. The van der Waals surface area contributed by atoms with E-state index in [9.17, 15) is 19.5 Å². The minimum Gasteiger partial charge on any atom is -0.380 e. The highest BCUT2D eigenvalue weighted by molar-refractivity contribution is 6.05. The van der Waals surface area contributed by atoms with Crippen molar-refractivity contribution in [3.05, 3.63) is 59.2 Å². The first-order valence-corrected chi connectivity index (χ1v) is 10.1. The Morgan fingerprint density at radius 2 is 2.09 bits per heavy atom. The molecular weight excluding hydrogens is 414 g/mol. The van der Waals surface area contributed by atoms with Gasteiger partial charge < -0.3 is 30.7 Å². The van der Waals surface area contributed by atoms with Gasteiger partial charge in [-0.2, -0.15) is 0 Å². The number of fused-ring (bicyclic) bond motifs is 1. The second-order valence-corrected chi connectivity index (χ2v) is 7.45. The van der Waals surface area contributed by atoms with E-state index in [-0.39, 0.29) is 19.1 Å². The SMILES string of the molecule is CNC(=O)c1cccc(N2CCO[C@H](C(O)C(=O)Nc3ccc4c(c3)CNC4=N)C2=O)c1. The van der Waals surface area contributed by atoms with Crippen molar-refractivity contribution in [2.45, 2.75) is 18.8 Å². The summed E-state index contributed by atoms with van der Waals surface area (Å²) < 4.78 is 5.43. The number of carbonyl (C=O) groups is 3. The van der Waals surface area contributed by atoms with Crippen LogP contribution in [0.15, 0.2) is 42.5 Å². The Hall–Kier alpha value is -3.76. The van der Waals surface area contributed by atoms with E-state index in [1.54, 1.807) is 42.5 Å². The normalized spacial score (nSPS) is 18.6. The van der Waals surface area contributed by atoms with Crippen LogP contribution in [0.5, 0.6) is 0 Å². The number of morpholine rings is 1. The van der Waals surface area contributed by atoms with Crippen molar-refractivity contribution in [2.24, 2.45) is 0 Å². The second-order valence-electron chi connectivity index (χ2n) is 7.45. The highest BCUT2D eigenvalue weighted by atomic mass is 16.5. The van der Waals surface area contributed by atoms with Crippen LogP contribution >= 0.6 is 0 Å². The number of amides is 3. The number of carbonyl (C=O) groups excluding carboxylic acids is 3. The summed E-state index contributed by atoms with van der Waals surface area (Å²) in [5, 5.41) is 26.4. The van der Waals surface area contributed by atoms with Crippen molar-refractivity contribution in [3.63, 3.8) is 0 Å². The molecule has 1 unspecified atom stereocenters. The van der Waals surface area contributed by atoms with Gasteiger partial charge in [-0.15, -0.1) is 0 Å². The van der Waals surface area contributed by atoms with E-state index in [4.69, 9.17) is 10.1 Å². The lowest BCUT2D eigenvalue weighted by atomic mass is 10.1. The summed E-state index contributed by atoms with van der Waals surface area (Å²) in [6.07, 6.45) is -3.10. The maximum Gasteiger partial charge on any atom is 0.259 e. The van der Waals surface area contributed by atoms with Gasteiger partial charge in [0, 0.05) is 42.6 Å². The molecule has 2 aliphatic heterocycles. The van der Waals surface area contributed by atoms with Gasteiger partial charge in [-0.1, -0.05) is 6.07 Å². The molecule has 10 nitrogen and oxygen atoms in total. The summed E-state index contributed by atoms with van der Waals surface area (Å²) in [5.74, 6) is -1.31. The van der Waals surface area contributed by atoms with Crippen LogP contribution in [0.4, 0.5) is 11.4 Å². The smallest absolute Gasteiger partial charge is 0.259 e. The lowest BCUT2D eigenvalue weighted by Crippen LogP contribution is -2.55. The Labute approximate surface area is 184 Å². The molecule has 1 saturated heterocycles. The molecule has 4 rings (SSSR count). The highest BCUT2D eigenvalue weighted by Crippen LogP contribution is 2.23. The van der Waals surface area contributed by atoms with Crippen molar-refractivity contribution in [1.82, 2.24) is 10.6 Å². The fraction of sp³-hybridized carbons (Fsp3) is 0.273. The number of nitrogens with zero attached hydrogens (tertiary/aromatic N) is 1. The first-order valence-electron chi connectivity index (χ1n) is 10.1. The number of benzene rings is 2. The third-order valence-electron chi connectivity index (χ3n) is 5.42. The van der Waals surface area contributed by atoms with Gasteiger partial charge in [0.05, 0.1) is 6.61 Å². The molecule has 2 atom stereocenters. The number of anilines is 2. The fourth-order valence-corrected chi connectivity index (χ4v) is 3.74. The lowest BCUT2D eigenvalue weighted by Gasteiger charge is -2.34. The molecule has 0 spiro atoms. The van der Waals surface area contributed by atoms with E-state index >= 15 is 0 Å². The van der Waals surface area contributed by atoms with E-state index in [2.05, 4.69) is 16.0 Å². The number of nitrogens with one attached hydrogen (secondary N) is 4. The van der Waals surface area contributed by atoms with Crippen LogP contribution in [0.3, 0.4) is 0 Å². The molecule has 3 amide bonds. The summed E-state index contributed by atoms with van der Waals surface area (Å²) in [6.45, 7) is 0.830. The quantitative estimate of drug-likeness (QED) is 0.452. The van der Waals surface area contributed by atoms with E-state index in [0.717, 1.165) is 11.1 Å². The molecule has 2 heterocycles. The summed E-state index contributed by atoms with van der Waals surface area (Å²) in [6, 6.07) is 11.6. The zero-order valence-electron chi connectivity index (χ0n) is 17.3. The van der Waals surface area contributed by atoms with Gasteiger partial charge in [0.1, 0.15) is 5.84 Å². The monoisotopic (exact) mass is 437 g/mol. The maximum atomic E-state index is 13.0. The van der Waals surface area contributed by atoms with Crippen molar-refractivity contribution in [3.8, 4) is 0 Å². The van der Waals surface area contributed by atoms with Crippen LogP contribution in [-0.2, 0) is 20.9 Å². The van der Waals surface area contributed by atoms with Crippen molar-refractivity contribution in [1.29, 1.82) is 5.41 Å². The zero-order chi connectivity index (χ0) is 22.8. The summed E-state index contributed by atoms with van der Waals surface area (Å²) in [4.78, 5) is 38.9. The van der Waals surface area contributed by atoms with Gasteiger partial charge in [-0.05, 0) is 42.0 Å². The Morgan fingerprint density at radius 1 is 1.28 bits per heavy atom. The molecule has 5 N–H and O–H groups in total. The fourth-order valence-electron chi connectivity index (χ4n) is 3.74. The number of aliphatic hydroxyl groups is 1. The Morgan fingerprint density at radius 3 is 2.88 bits per heavy atom. The molecule has 32 heavy (non-hydrogen) atoms. The van der Waals surface area contributed by atoms with Crippen LogP contribution in [0.1, 0.15) is 21.5 Å². The maximum absolute atomic E-state index is 13.0. The first kappa shape index (κ1) is 21.5. The Balaban J connectivity index is 1.47. The summed E-state index contributed by atoms with van der Waals surface area (Å²) in [5.41, 5.74) is 2.92. The summed E-state index contributed by atoms with van der Waals surface area (Å²) in [7, 11) is 1.52. The third-order valence-corrected chi connectivity index (χ3v) is 5.42. The van der Waals surface area contributed by atoms with E-state index in [1.807, 2.05) is 0 Å². The van der Waals surface area contributed by atoms with Gasteiger partial charge in [-0.3, -0.25) is 19.8 Å². The minimum absolute atomic E-state index is 0.123. The van der Waals surface area contributed by atoms with Gasteiger partial charge in [-0.25, -0.2) is 0 Å². The molecule has 2 aromatic rings. The van der Waals surface area contributed by atoms with E-state index < -0.39 is 24.0 Å². The predicted molar refractivity (Wildman–Crippen MR) is 117 cm³/mol. The van der Waals surface area contributed by atoms with Gasteiger partial charge in [0.25, 0.3) is 17.7 Å². The average Bonchev–Trinajstić information content (AvgIpc) is 3.18. The number of ether oxygens (including phenoxy) is 1. The standard InChI is InChI=1S/C22H23N5O5/c1-24-20(29)12-3-2-4-15(10-12)27-7-8-32-18(22(27)31)17(28)21(30)26-14-5-6-16-13(9-14)11-25-19(16)23/h2-6,9-10,17-18,28H,7-8,11H2,1H3,(H2,23,25)(H,24,29)(H,26,30)/t17?,18-/m1/s1. The zero-order valence-corrected chi connectivity index (χ0v) is 17.3. The molecule has 1 fully saturated rings. The van der Waals surface area contributed by atoms with Crippen LogP contribution in [-0.4, -0.2) is 61.1 Å². The second kappa shape index (κ2) is 8.77.